The molecule has 0 N–H and O–H groups in total. The summed E-state index contributed by atoms with van der Waals surface area (Å²) in [5, 5.41) is 9.72. The summed E-state index contributed by atoms with van der Waals surface area (Å²) in [7, 11) is 0. The summed E-state index contributed by atoms with van der Waals surface area (Å²) in [4.78, 5) is 11.0. The summed E-state index contributed by atoms with van der Waals surface area (Å²) in [6.07, 6.45) is 0. The van der Waals surface area contributed by atoms with E-state index in [1.54, 1.807) is 0 Å². The maximum atomic E-state index is 5.51. The van der Waals surface area contributed by atoms with Crippen molar-refractivity contribution in [2.24, 2.45) is 0 Å². The van der Waals surface area contributed by atoms with Crippen LogP contribution >= 0.6 is 0 Å². The number of fused-ring (bicyclic) bond motifs is 15. The molecule has 0 saturated carbocycles. The Bertz CT molecular complexity index is 5830. The standard InChI is InChI=1S/C83H53N5/c1-83(2)70-31-12-9-26-60(70)61-39-38-59(49-71(61)83)88-73-33-14-11-28-63(73)67-46-53(35-41-75(67)88)55-37-43-77-69(48-55)68-47-54(52-34-40-74-66(45-52)62-27-10-13-32-72(62)86(74)57-23-7-4-8-24-57)36-42-76(68)87(77)58-25-15-22-56(44-58)82-84-80(51-18-5-3-6-19-51)79-64-29-16-20-50-21-17-30-65(78(50)64)81(79)85-82/h3-49H,1-2H3. The first-order valence-corrected chi connectivity index (χ1v) is 30.5. The molecule has 2 aliphatic carbocycles. The molecule has 0 bridgehead atoms. The Hall–Kier alpha value is -11.4. The first-order valence-electron chi connectivity index (χ1n) is 30.5. The van der Waals surface area contributed by atoms with Crippen LogP contribution in [0.5, 0.6) is 0 Å². The van der Waals surface area contributed by atoms with Crippen molar-refractivity contribution in [2.45, 2.75) is 19.3 Å². The Morgan fingerprint density at radius 2 is 0.716 bits per heavy atom. The minimum atomic E-state index is -0.107. The molecule has 88 heavy (non-hydrogen) atoms. The van der Waals surface area contributed by atoms with Crippen LogP contribution in [0.15, 0.2) is 285 Å². The highest BCUT2D eigenvalue weighted by Crippen LogP contribution is 2.52. The Balaban J connectivity index is 0.790. The van der Waals surface area contributed by atoms with Crippen LogP contribution in [0.2, 0.25) is 0 Å². The van der Waals surface area contributed by atoms with Crippen molar-refractivity contribution >= 4 is 76.2 Å². The average molecular weight is 1120 g/mol. The van der Waals surface area contributed by atoms with E-state index in [0.29, 0.717) is 5.82 Å². The van der Waals surface area contributed by atoms with E-state index in [-0.39, 0.29) is 5.41 Å². The highest BCUT2D eigenvalue weighted by atomic mass is 15.0. The Morgan fingerprint density at radius 3 is 1.34 bits per heavy atom. The summed E-state index contributed by atoms with van der Waals surface area (Å²) in [5.41, 5.74) is 27.7. The van der Waals surface area contributed by atoms with Crippen molar-refractivity contribution in [1.82, 2.24) is 23.7 Å². The average Bonchev–Trinajstić information content (AvgIpc) is 2.01. The fraction of sp³-hybridized carbons (Fsp3) is 0.0361. The summed E-state index contributed by atoms with van der Waals surface area (Å²) < 4.78 is 7.29. The monoisotopic (exact) mass is 1120 g/mol. The Morgan fingerprint density at radius 1 is 0.273 bits per heavy atom. The Kier molecular flexibility index (Phi) is 10.2. The lowest BCUT2D eigenvalue weighted by atomic mass is 9.82. The molecular weight excluding hydrogens is 1070 g/mol. The van der Waals surface area contributed by atoms with Gasteiger partial charge < -0.3 is 13.7 Å². The topological polar surface area (TPSA) is 40.6 Å². The fourth-order valence-corrected chi connectivity index (χ4v) is 15.3. The third-order valence-corrected chi connectivity index (χ3v) is 19.4. The minimum absolute atomic E-state index is 0.107. The van der Waals surface area contributed by atoms with Gasteiger partial charge in [-0.3, -0.25) is 0 Å². The fourth-order valence-electron chi connectivity index (χ4n) is 15.3. The quantitative estimate of drug-likeness (QED) is 0.160. The van der Waals surface area contributed by atoms with Crippen molar-refractivity contribution in [3.8, 4) is 95.5 Å². The van der Waals surface area contributed by atoms with Gasteiger partial charge in [0.05, 0.1) is 44.5 Å². The van der Waals surface area contributed by atoms with E-state index in [1.165, 1.54) is 110 Å². The molecule has 0 saturated heterocycles. The van der Waals surface area contributed by atoms with Crippen LogP contribution in [-0.4, -0.2) is 23.7 Å². The SMILES string of the molecule is CC1(C)c2ccccc2-c2ccc(-n3c4ccccc4c4cc(-c5ccc6c(c5)c5cc(-c7ccc8c(c7)c7ccccc7n8-c7ccccc7)ccc5n6-c5cccc(-c6nc(-c7ccccc7)c7c(n6)-c6cccc8cccc-7c68)c5)ccc43)cc21. The first kappa shape index (κ1) is 48.9. The molecule has 410 valence electrons. The van der Waals surface area contributed by atoms with Crippen LogP contribution in [0.4, 0.5) is 0 Å². The summed E-state index contributed by atoms with van der Waals surface area (Å²) in [5.74, 6) is 0.695. The van der Waals surface area contributed by atoms with Crippen molar-refractivity contribution in [3.05, 3.63) is 296 Å². The molecule has 0 radical (unpaired) electrons. The molecule has 0 aliphatic heterocycles. The molecule has 0 amide bonds. The second kappa shape index (κ2) is 18.3. The maximum Gasteiger partial charge on any atom is 0.160 e. The van der Waals surface area contributed by atoms with E-state index in [0.717, 1.165) is 67.2 Å². The van der Waals surface area contributed by atoms with Crippen LogP contribution in [0.25, 0.3) is 172 Å². The predicted molar refractivity (Wildman–Crippen MR) is 366 cm³/mol. The summed E-state index contributed by atoms with van der Waals surface area (Å²) in [6, 6.07) is 105. The zero-order valence-corrected chi connectivity index (χ0v) is 48.4. The van der Waals surface area contributed by atoms with Gasteiger partial charge >= 0.3 is 0 Å². The number of hydrogen-bond acceptors (Lipinski definition) is 2. The molecule has 0 spiro atoms. The predicted octanol–water partition coefficient (Wildman–Crippen LogP) is 21.5. The maximum absolute atomic E-state index is 5.51. The normalized spacial score (nSPS) is 13.0. The second-order valence-corrected chi connectivity index (χ2v) is 24.4. The second-order valence-electron chi connectivity index (χ2n) is 24.4. The van der Waals surface area contributed by atoms with Crippen LogP contribution in [-0.2, 0) is 5.41 Å². The lowest BCUT2D eigenvalue weighted by Crippen LogP contribution is -2.15. The van der Waals surface area contributed by atoms with Gasteiger partial charge in [0, 0.05) is 77.0 Å². The van der Waals surface area contributed by atoms with Crippen molar-refractivity contribution in [2.75, 3.05) is 0 Å². The number of benzene rings is 13. The van der Waals surface area contributed by atoms with E-state index in [4.69, 9.17) is 9.97 Å². The molecule has 0 atom stereocenters. The van der Waals surface area contributed by atoms with Gasteiger partial charge in [0.2, 0.25) is 0 Å². The number of hydrogen-bond donors (Lipinski definition) is 0. The molecule has 17 aromatic rings. The molecule has 19 rings (SSSR count). The molecule has 13 aromatic carbocycles. The first-order chi connectivity index (χ1) is 43.4. The zero-order chi connectivity index (χ0) is 57.9. The van der Waals surface area contributed by atoms with E-state index < -0.39 is 0 Å². The van der Waals surface area contributed by atoms with Gasteiger partial charge in [-0.25, -0.2) is 9.97 Å². The number of para-hydroxylation sites is 3. The van der Waals surface area contributed by atoms with Gasteiger partial charge in [-0.15, -0.1) is 0 Å². The van der Waals surface area contributed by atoms with Gasteiger partial charge in [0.15, 0.2) is 5.82 Å². The van der Waals surface area contributed by atoms with E-state index in [2.05, 4.69) is 313 Å². The van der Waals surface area contributed by atoms with Crippen LogP contribution < -0.4 is 0 Å². The number of rotatable bonds is 7. The van der Waals surface area contributed by atoms with E-state index in [1.807, 2.05) is 0 Å². The lowest BCUT2D eigenvalue weighted by molar-refractivity contribution is 0.660. The number of aromatic nitrogens is 5. The van der Waals surface area contributed by atoms with Crippen molar-refractivity contribution < 1.29 is 0 Å². The van der Waals surface area contributed by atoms with E-state index >= 15 is 0 Å². The highest BCUT2D eigenvalue weighted by molar-refractivity contribution is 6.18. The van der Waals surface area contributed by atoms with Gasteiger partial charge in [-0.05, 0) is 158 Å². The molecule has 4 aromatic heterocycles. The summed E-state index contributed by atoms with van der Waals surface area (Å²) in [6.45, 7) is 4.73. The molecule has 0 unspecified atom stereocenters. The molecule has 5 heteroatoms. The van der Waals surface area contributed by atoms with Gasteiger partial charge in [-0.2, -0.15) is 0 Å². The van der Waals surface area contributed by atoms with Crippen LogP contribution in [0.3, 0.4) is 0 Å². The smallest absolute Gasteiger partial charge is 0.160 e. The summed E-state index contributed by atoms with van der Waals surface area (Å²) >= 11 is 0. The van der Waals surface area contributed by atoms with Crippen molar-refractivity contribution in [1.29, 1.82) is 0 Å². The van der Waals surface area contributed by atoms with Crippen molar-refractivity contribution in [3.63, 3.8) is 0 Å². The van der Waals surface area contributed by atoms with Gasteiger partial charge in [0.25, 0.3) is 0 Å². The van der Waals surface area contributed by atoms with E-state index in [9.17, 15) is 0 Å². The lowest BCUT2D eigenvalue weighted by Gasteiger charge is -2.22. The molecule has 2 aliphatic rings. The largest absolute Gasteiger partial charge is 0.309 e. The number of nitrogens with zero attached hydrogens (tertiary/aromatic N) is 5. The van der Waals surface area contributed by atoms with Crippen LogP contribution in [0, 0.1) is 0 Å². The zero-order valence-electron chi connectivity index (χ0n) is 48.4. The molecule has 0 fully saturated rings. The van der Waals surface area contributed by atoms with Gasteiger partial charge in [-0.1, -0.05) is 202 Å². The molecule has 4 heterocycles. The molecule has 5 nitrogen and oxygen atoms in total. The molecular formula is C83H53N5. The van der Waals surface area contributed by atoms with Gasteiger partial charge in [0.1, 0.15) is 0 Å². The third-order valence-electron chi connectivity index (χ3n) is 19.4. The Labute approximate surface area is 507 Å². The highest BCUT2D eigenvalue weighted by Gasteiger charge is 2.36. The third kappa shape index (κ3) is 6.98. The minimum Gasteiger partial charge on any atom is -0.309 e. The van der Waals surface area contributed by atoms with Crippen LogP contribution in [0.1, 0.15) is 25.0 Å².